The van der Waals surface area contributed by atoms with Crippen LogP contribution in [-0.4, -0.2) is 47.0 Å². The number of hydrogen-bond donors (Lipinski definition) is 0. The Hall–Kier alpha value is -3.16. The topological polar surface area (TPSA) is 49.3 Å². The molecule has 1 amide bonds. The van der Waals surface area contributed by atoms with E-state index in [-0.39, 0.29) is 5.91 Å². The van der Waals surface area contributed by atoms with Crippen LogP contribution in [0.4, 0.5) is 19.0 Å². The van der Waals surface area contributed by atoms with Crippen LogP contribution < -0.4 is 4.90 Å². The number of carbonyl (C=O) groups excluding carboxylic acids is 1. The second-order valence-corrected chi connectivity index (χ2v) is 8.07. The van der Waals surface area contributed by atoms with E-state index in [1.54, 1.807) is 4.90 Å². The van der Waals surface area contributed by atoms with Crippen LogP contribution >= 0.6 is 0 Å². The molecule has 3 heterocycles. The number of anilines is 1. The number of hydrogen-bond acceptors (Lipinski definition) is 4. The van der Waals surface area contributed by atoms with Gasteiger partial charge in [0, 0.05) is 49.4 Å². The standard InChI is InChI=1S/C23H21F3N4O/c24-23(25,26)16-7-8-21(27-14-16)29-9-11-30(12-10-29)22(31)18-13-20(15-5-6-15)28-19-4-2-1-3-17(18)19/h1-4,7-8,13-15H,5-6,9-12H2. The first-order chi connectivity index (χ1) is 14.9. The van der Waals surface area contributed by atoms with Gasteiger partial charge in [-0.15, -0.1) is 0 Å². The van der Waals surface area contributed by atoms with Crippen LogP contribution in [0.2, 0.25) is 0 Å². The molecule has 160 valence electrons. The predicted molar refractivity (Wildman–Crippen MR) is 111 cm³/mol. The third-order valence-corrected chi connectivity index (χ3v) is 5.93. The molecule has 0 bridgehead atoms. The summed E-state index contributed by atoms with van der Waals surface area (Å²) in [6.07, 6.45) is -1.33. The maximum absolute atomic E-state index is 13.3. The van der Waals surface area contributed by atoms with Crippen LogP contribution in [-0.2, 0) is 6.18 Å². The Kier molecular flexibility index (Phi) is 4.79. The van der Waals surface area contributed by atoms with E-state index in [1.807, 2.05) is 35.2 Å². The molecule has 2 fully saturated rings. The van der Waals surface area contributed by atoms with Crippen molar-refractivity contribution in [1.29, 1.82) is 0 Å². The van der Waals surface area contributed by atoms with Gasteiger partial charge in [0.1, 0.15) is 5.82 Å². The Balaban J connectivity index is 1.33. The van der Waals surface area contributed by atoms with Crippen molar-refractivity contribution < 1.29 is 18.0 Å². The molecule has 0 N–H and O–H groups in total. The number of nitrogens with zero attached hydrogens (tertiary/aromatic N) is 4. The average molecular weight is 426 g/mol. The zero-order valence-corrected chi connectivity index (χ0v) is 16.8. The number of pyridine rings is 2. The van der Waals surface area contributed by atoms with Crippen molar-refractivity contribution in [1.82, 2.24) is 14.9 Å². The second kappa shape index (κ2) is 7.51. The number of amides is 1. The van der Waals surface area contributed by atoms with Crippen LogP contribution in [0.15, 0.2) is 48.7 Å². The summed E-state index contributed by atoms with van der Waals surface area (Å²) in [5, 5.41) is 0.851. The SMILES string of the molecule is O=C(c1cc(C2CC2)nc2ccccc12)N1CCN(c2ccc(C(F)(F)F)cn2)CC1. The van der Waals surface area contributed by atoms with E-state index in [9.17, 15) is 18.0 Å². The third-order valence-electron chi connectivity index (χ3n) is 5.93. The lowest BCUT2D eigenvalue weighted by atomic mass is 10.0. The number of aromatic nitrogens is 2. The molecule has 0 spiro atoms. The first-order valence-electron chi connectivity index (χ1n) is 10.4. The molecule has 5 nitrogen and oxygen atoms in total. The highest BCUT2D eigenvalue weighted by atomic mass is 19.4. The maximum atomic E-state index is 13.3. The molecule has 1 aliphatic carbocycles. The van der Waals surface area contributed by atoms with Crippen LogP contribution in [0.3, 0.4) is 0 Å². The van der Waals surface area contributed by atoms with Gasteiger partial charge in [-0.25, -0.2) is 4.98 Å². The highest BCUT2D eigenvalue weighted by Crippen LogP contribution is 2.40. The summed E-state index contributed by atoms with van der Waals surface area (Å²) in [6.45, 7) is 2.00. The van der Waals surface area contributed by atoms with Gasteiger partial charge in [0.15, 0.2) is 0 Å². The molecule has 5 rings (SSSR count). The van der Waals surface area contributed by atoms with E-state index in [0.29, 0.717) is 43.5 Å². The summed E-state index contributed by atoms with van der Waals surface area (Å²) in [7, 11) is 0. The smallest absolute Gasteiger partial charge is 0.353 e. The number of alkyl halides is 3. The van der Waals surface area contributed by atoms with Gasteiger partial charge in [0.05, 0.1) is 16.6 Å². The summed E-state index contributed by atoms with van der Waals surface area (Å²) in [5.41, 5.74) is 1.73. The zero-order chi connectivity index (χ0) is 21.6. The minimum absolute atomic E-state index is 0.0273. The Bertz CT molecular complexity index is 1120. The Morgan fingerprint density at radius 1 is 1.00 bits per heavy atom. The summed E-state index contributed by atoms with van der Waals surface area (Å²) in [4.78, 5) is 25.8. The minimum atomic E-state index is -4.40. The molecule has 0 atom stereocenters. The van der Waals surface area contributed by atoms with Gasteiger partial charge in [-0.05, 0) is 37.1 Å². The Morgan fingerprint density at radius 3 is 2.39 bits per heavy atom. The van der Waals surface area contributed by atoms with Gasteiger partial charge in [-0.3, -0.25) is 9.78 Å². The number of fused-ring (bicyclic) bond motifs is 1. The average Bonchev–Trinajstić information content (AvgIpc) is 3.63. The fraction of sp³-hybridized carbons (Fsp3) is 0.348. The fourth-order valence-electron chi connectivity index (χ4n) is 4.01. The Labute approximate surface area is 177 Å². The molecule has 8 heteroatoms. The summed E-state index contributed by atoms with van der Waals surface area (Å²) in [6, 6.07) is 12.1. The van der Waals surface area contributed by atoms with Gasteiger partial charge >= 0.3 is 6.18 Å². The van der Waals surface area contributed by atoms with Gasteiger partial charge in [-0.1, -0.05) is 18.2 Å². The van der Waals surface area contributed by atoms with Crippen LogP contribution in [0.1, 0.15) is 40.4 Å². The zero-order valence-electron chi connectivity index (χ0n) is 16.8. The molecular formula is C23H21F3N4O. The van der Waals surface area contributed by atoms with Gasteiger partial charge in [0.25, 0.3) is 5.91 Å². The van der Waals surface area contributed by atoms with Crippen LogP contribution in [0.5, 0.6) is 0 Å². The fourth-order valence-corrected chi connectivity index (χ4v) is 4.01. The molecule has 3 aromatic rings. The number of carbonyl (C=O) groups is 1. The van der Waals surface area contributed by atoms with E-state index < -0.39 is 11.7 Å². The van der Waals surface area contributed by atoms with E-state index in [4.69, 9.17) is 4.98 Å². The number of rotatable bonds is 3. The van der Waals surface area contributed by atoms with Crippen molar-refractivity contribution >= 4 is 22.6 Å². The maximum Gasteiger partial charge on any atom is 0.417 e. The summed E-state index contributed by atoms with van der Waals surface area (Å²) >= 11 is 0. The summed E-state index contributed by atoms with van der Waals surface area (Å²) in [5.74, 6) is 0.907. The van der Waals surface area contributed by atoms with E-state index in [1.165, 1.54) is 6.07 Å². The molecule has 0 radical (unpaired) electrons. The molecule has 2 aliphatic rings. The van der Waals surface area contributed by atoms with Gasteiger partial charge in [-0.2, -0.15) is 13.2 Å². The van der Waals surface area contributed by atoms with E-state index in [2.05, 4.69) is 4.98 Å². The first kappa shape index (κ1) is 19.8. The highest BCUT2D eigenvalue weighted by molar-refractivity contribution is 6.06. The van der Waals surface area contributed by atoms with E-state index >= 15 is 0 Å². The minimum Gasteiger partial charge on any atom is -0.353 e. The quantitative estimate of drug-likeness (QED) is 0.619. The lowest BCUT2D eigenvalue weighted by molar-refractivity contribution is -0.137. The molecule has 1 aliphatic heterocycles. The first-order valence-corrected chi connectivity index (χ1v) is 10.4. The number of halogens is 3. The molecule has 31 heavy (non-hydrogen) atoms. The van der Waals surface area contributed by atoms with Crippen molar-refractivity contribution in [2.45, 2.75) is 24.9 Å². The van der Waals surface area contributed by atoms with Gasteiger partial charge < -0.3 is 9.80 Å². The molecule has 1 saturated heterocycles. The predicted octanol–water partition coefficient (Wildman–Crippen LogP) is 4.49. The molecule has 1 aromatic carbocycles. The van der Waals surface area contributed by atoms with Crippen molar-refractivity contribution in [3.05, 3.63) is 65.5 Å². The van der Waals surface area contributed by atoms with Gasteiger partial charge in [0.2, 0.25) is 0 Å². The van der Waals surface area contributed by atoms with Crippen molar-refractivity contribution in [3.8, 4) is 0 Å². The van der Waals surface area contributed by atoms with Crippen LogP contribution in [0, 0.1) is 0 Å². The molecule has 2 aromatic heterocycles. The monoisotopic (exact) mass is 426 g/mol. The number of benzene rings is 1. The largest absolute Gasteiger partial charge is 0.417 e. The van der Waals surface area contributed by atoms with Crippen LogP contribution in [0.25, 0.3) is 10.9 Å². The third kappa shape index (κ3) is 3.94. The van der Waals surface area contributed by atoms with Crippen molar-refractivity contribution in [2.75, 3.05) is 31.1 Å². The lowest BCUT2D eigenvalue weighted by Gasteiger charge is -2.35. The van der Waals surface area contributed by atoms with Crippen molar-refractivity contribution in [3.63, 3.8) is 0 Å². The second-order valence-electron chi connectivity index (χ2n) is 8.07. The van der Waals surface area contributed by atoms with E-state index in [0.717, 1.165) is 41.7 Å². The number of piperazine rings is 1. The number of para-hydroxylation sites is 1. The Morgan fingerprint density at radius 2 is 1.74 bits per heavy atom. The summed E-state index contributed by atoms with van der Waals surface area (Å²) < 4.78 is 38.3. The highest BCUT2D eigenvalue weighted by Gasteiger charge is 2.32. The molecular weight excluding hydrogens is 405 g/mol. The molecule has 1 saturated carbocycles. The normalized spacial score (nSPS) is 17.3. The van der Waals surface area contributed by atoms with Crippen molar-refractivity contribution in [2.24, 2.45) is 0 Å². The molecule has 0 unspecified atom stereocenters. The lowest BCUT2D eigenvalue weighted by Crippen LogP contribution is -2.49.